The quantitative estimate of drug-likeness (QED) is 0.460. The molecule has 4 aromatic rings. The maximum absolute atomic E-state index is 12.3. The topological polar surface area (TPSA) is 68.0 Å². The van der Waals surface area contributed by atoms with Gasteiger partial charge in [0.05, 0.1) is 22.8 Å². The Labute approximate surface area is 179 Å². The predicted octanol–water partition coefficient (Wildman–Crippen LogP) is 4.98. The lowest BCUT2D eigenvalue weighted by molar-refractivity contribution is -0.120. The van der Waals surface area contributed by atoms with Crippen molar-refractivity contribution in [3.8, 4) is 22.7 Å². The van der Waals surface area contributed by atoms with E-state index < -0.39 is 0 Å². The third-order valence-corrected chi connectivity index (χ3v) is 5.62. The van der Waals surface area contributed by atoms with E-state index in [1.54, 1.807) is 11.3 Å². The van der Waals surface area contributed by atoms with Gasteiger partial charge in [-0.3, -0.25) is 4.79 Å². The van der Waals surface area contributed by atoms with Crippen molar-refractivity contribution in [3.63, 3.8) is 0 Å². The molecule has 0 unspecified atom stereocenters. The van der Waals surface area contributed by atoms with Crippen molar-refractivity contribution in [2.75, 3.05) is 6.54 Å². The van der Waals surface area contributed by atoms with Crippen molar-refractivity contribution in [1.29, 1.82) is 0 Å². The Morgan fingerprint density at radius 1 is 1.00 bits per heavy atom. The molecule has 2 aromatic heterocycles. The first-order chi connectivity index (χ1) is 14.6. The number of amides is 1. The van der Waals surface area contributed by atoms with Gasteiger partial charge in [-0.1, -0.05) is 42.5 Å². The molecule has 1 N–H and O–H groups in total. The summed E-state index contributed by atoms with van der Waals surface area (Å²) in [4.78, 5) is 21.3. The molecule has 1 amide bonds. The van der Waals surface area contributed by atoms with Crippen LogP contribution in [0.5, 0.6) is 0 Å². The lowest BCUT2D eigenvalue weighted by atomic mass is 10.1. The van der Waals surface area contributed by atoms with E-state index in [1.807, 2.05) is 44.2 Å². The molecule has 152 valence electrons. The fraction of sp³-hybridized carbons (Fsp3) is 0.208. The van der Waals surface area contributed by atoms with Gasteiger partial charge in [0.25, 0.3) is 0 Å². The number of aromatic nitrogens is 2. The van der Waals surface area contributed by atoms with Crippen LogP contribution in [-0.2, 0) is 17.6 Å². The summed E-state index contributed by atoms with van der Waals surface area (Å²) in [6, 6.07) is 18.0. The second-order valence-corrected chi connectivity index (χ2v) is 8.18. The summed E-state index contributed by atoms with van der Waals surface area (Å²) >= 11 is 1.65. The highest BCUT2D eigenvalue weighted by atomic mass is 32.1. The number of rotatable bonds is 7. The van der Waals surface area contributed by atoms with Crippen LogP contribution >= 0.6 is 11.3 Å². The van der Waals surface area contributed by atoms with Crippen LogP contribution in [0.25, 0.3) is 22.7 Å². The Morgan fingerprint density at radius 2 is 1.77 bits per heavy atom. The minimum absolute atomic E-state index is 0.0550. The number of aryl methyl sites for hydroxylation is 2. The molecule has 5 nitrogen and oxygen atoms in total. The van der Waals surface area contributed by atoms with Crippen LogP contribution in [0.3, 0.4) is 0 Å². The van der Waals surface area contributed by atoms with E-state index >= 15 is 0 Å². The molecule has 6 heteroatoms. The van der Waals surface area contributed by atoms with E-state index in [-0.39, 0.29) is 12.3 Å². The Bertz CT molecular complexity index is 1130. The molecule has 0 atom stereocenters. The second-order valence-electron chi connectivity index (χ2n) is 7.11. The summed E-state index contributed by atoms with van der Waals surface area (Å²) in [5.41, 5.74) is 4.88. The van der Waals surface area contributed by atoms with Gasteiger partial charge in [-0.15, -0.1) is 11.3 Å². The molecule has 0 saturated carbocycles. The van der Waals surface area contributed by atoms with Crippen molar-refractivity contribution in [3.05, 3.63) is 82.0 Å². The number of carbonyl (C=O) groups is 1. The zero-order chi connectivity index (χ0) is 20.9. The largest absolute Gasteiger partial charge is 0.441 e. The Morgan fingerprint density at radius 3 is 2.47 bits per heavy atom. The minimum Gasteiger partial charge on any atom is -0.441 e. The molecule has 0 bridgehead atoms. The molecule has 0 aliphatic carbocycles. The number of hydrogen-bond donors (Lipinski definition) is 1. The Kier molecular flexibility index (Phi) is 6.05. The predicted molar refractivity (Wildman–Crippen MR) is 119 cm³/mol. The summed E-state index contributed by atoms with van der Waals surface area (Å²) in [6.07, 6.45) is 0.986. The number of hydrogen-bond acceptors (Lipinski definition) is 5. The normalized spacial score (nSPS) is 10.9. The van der Waals surface area contributed by atoms with Gasteiger partial charge >= 0.3 is 0 Å². The first-order valence-corrected chi connectivity index (χ1v) is 10.8. The fourth-order valence-electron chi connectivity index (χ4n) is 3.20. The molecule has 0 aliphatic rings. The van der Waals surface area contributed by atoms with Gasteiger partial charge < -0.3 is 9.73 Å². The summed E-state index contributed by atoms with van der Waals surface area (Å²) in [5, 5.41) is 6.11. The number of oxazole rings is 1. The average molecular weight is 418 g/mol. The van der Waals surface area contributed by atoms with Crippen LogP contribution in [0, 0.1) is 13.8 Å². The lowest BCUT2D eigenvalue weighted by Crippen LogP contribution is -2.27. The number of benzene rings is 2. The molecule has 0 radical (unpaired) electrons. The molecule has 0 saturated heterocycles. The van der Waals surface area contributed by atoms with Gasteiger partial charge in [-0.2, -0.15) is 0 Å². The van der Waals surface area contributed by atoms with Crippen molar-refractivity contribution in [2.45, 2.75) is 26.7 Å². The van der Waals surface area contributed by atoms with Crippen molar-refractivity contribution < 1.29 is 9.21 Å². The molecule has 0 spiro atoms. The Balaban J connectivity index is 1.29. The van der Waals surface area contributed by atoms with Gasteiger partial charge in [0, 0.05) is 23.1 Å². The minimum atomic E-state index is -0.0550. The molecule has 0 fully saturated rings. The summed E-state index contributed by atoms with van der Waals surface area (Å²) in [7, 11) is 0. The number of nitrogens with zero attached hydrogens (tertiary/aromatic N) is 2. The standard InChI is InChI=1S/C24H23N3O2S/c1-16-21(27-24(29-16)20-6-4-3-5-7-20)14-23(28)25-13-12-18-8-10-19(11-9-18)22-15-30-17(2)26-22/h3-11,15H,12-14H2,1-2H3,(H,25,28). The molecular formula is C24H23N3O2S. The third-order valence-electron chi connectivity index (χ3n) is 4.85. The molecule has 4 rings (SSSR count). The number of carbonyl (C=O) groups excluding carboxylic acids is 1. The highest BCUT2D eigenvalue weighted by Gasteiger charge is 2.14. The maximum atomic E-state index is 12.3. The molecule has 2 aromatic carbocycles. The van der Waals surface area contributed by atoms with Crippen molar-refractivity contribution >= 4 is 17.2 Å². The zero-order valence-corrected chi connectivity index (χ0v) is 17.8. The van der Waals surface area contributed by atoms with E-state index in [1.165, 1.54) is 5.56 Å². The molecule has 0 aliphatic heterocycles. The van der Waals surface area contributed by atoms with Crippen molar-refractivity contribution in [1.82, 2.24) is 15.3 Å². The highest BCUT2D eigenvalue weighted by molar-refractivity contribution is 7.09. The van der Waals surface area contributed by atoms with Gasteiger partial charge in [0.15, 0.2) is 0 Å². The van der Waals surface area contributed by atoms with E-state index in [9.17, 15) is 4.79 Å². The van der Waals surface area contributed by atoms with Crippen LogP contribution in [0.1, 0.15) is 22.0 Å². The summed E-state index contributed by atoms with van der Waals surface area (Å²) < 4.78 is 5.73. The highest BCUT2D eigenvalue weighted by Crippen LogP contribution is 2.23. The first kappa shape index (κ1) is 20.0. The second kappa shape index (κ2) is 9.05. The van der Waals surface area contributed by atoms with Gasteiger partial charge in [0.2, 0.25) is 11.8 Å². The lowest BCUT2D eigenvalue weighted by Gasteiger charge is -2.05. The van der Waals surface area contributed by atoms with Crippen LogP contribution in [0.2, 0.25) is 0 Å². The molecule has 30 heavy (non-hydrogen) atoms. The van der Waals surface area contributed by atoms with Gasteiger partial charge in [-0.25, -0.2) is 9.97 Å². The fourth-order valence-corrected chi connectivity index (χ4v) is 3.82. The van der Waals surface area contributed by atoms with Crippen LogP contribution in [0.4, 0.5) is 0 Å². The number of thiazole rings is 1. The van der Waals surface area contributed by atoms with E-state index in [4.69, 9.17) is 4.42 Å². The van der Waals surface area contributed by atoms with Crippen molar-refractivity contribution in [2.24, 2.45) is 0 Å². The van der Waals surface area contributed by atoms with Gasteiger partial charge in [-0.05, 0) is 38.0 Å². The van der Waals surface area contributed by atoms with Crippen LogP contribution < -0.4 is 5.32 Å². The monoisotopic (exact) mass is 417 g/mol. The SMILES string of the molecule is Cc1nc(-c2ccc(CCNC(=O)Cc3nc(-c4ccccc4)oc3C)cc2)cs1. The third kappa shape index (κ3) is 4.83. The summed E-state index contributed by atoms with van der Waals surface area (Å²) in [6.45, 7) is 4.43. The van der Waals surface area contributed by atoms with E-state index in [2.05, 4.69) is 44.9 Å². The average Bonchev–Trinajstić information content (AvgIpc) is 3.35. The van der Waals surface area contributed by atoms with Crippen LogP contribution in [0.15, 0.2) is 64.4 Å². The molecule has 2 heterocycles. The summed E-state index contributed by atoms with van der Waals surface area (Å²) in [5.74, 6) is 1.17. The van der Waals surface area contributed by atoms with Gasteiger partial charge in [0.1, 0.15) is 5.76 Å². The molecular weight excluding hydrogens is 394 g/mol. The first-order valence-electron chi connectivity index (χ1n) is 9.88. The van der Waals surface area contributed by atoms with Crippen LogP contribution in [-0.4, -0.2) is 22.4 Å². The van der Waals surface area contributed by atoms with E-state index in [0.29, 0.717) is 23.9 Å². The number of nitrogens with one attached hydrogen (secondary N) is 1. The van der Waals surface area contributed by atoms with E-state index in [0.717, 1.165) is 28.2 Å². The smallest absolute Gasteiger partial charge is 0.226 e. The Hall–Kier alpha value is -3.25. The zero-order valence-electron chi connectivity index (χ0n) is 17.0. The maximum Gasteiger partial charge on any atom is 0.226 e.